The third kappa shape index (κ3) is 6.02. The zero-order chi connectivity index (χ0) is 21.5. The van der Waals surface area contributed by atoms with Crippen LogP contribution in [0.2, 0.25) is 0 Å². The first-order valence-corrected chi connectivity index (χ1v) is 10.3. The Morgan fingerprint density at radius 1 is 1.23 bits per heavy atom. The molecule has 7 heteroatoms. The lowest BCUT2D eigenvalue weighted by molar-refractivity contribution is 0.285. The van der Waals surface area contributed by atoms with Gasteiger partial charge < -0.3 is 25.2 Å². The minimum atomic E-state index is -0.350. The molecular weight excluding hydrogens is 385 g/mol. The third-order valence-electron chi connectivity index (χ3n) is 4.99. The summed E-state index contributed by atoms with van der Waals surface area (Å²) < 4.78 is 25.0. The Bertz CT molecular complexity index is 884. The molecule has 3 rings (SSSR count). The number of rotatable bonds is 9. The molecular formula is C23H30FN3O3. The molecule has 2 aromatic rings. The summed E-state index contributed by atoms with van der Waals surface area (Å²) in [6.45, 7) is 5.58. The number of halogens is 1. The third-order valence-corrected chi connectivity index (χ3v) is 4.99. The second-order valence-corrected chi connectivity index (χ2v) is 7.51. The van der Waals surface area contributed by atoms with E-state index in [1.165, 1.54) is 26.0 Å². The molecule has 2 aromatic carbocycles. The molecule has 0 aromatic heterocycles. The lowest BCUT2D eigenvalue weighted by Crippen LogP contribution is -2.38. The summed E-state index contributed by atoms with van der Waals surface area (Å²) >= 11 is 0. The normalized spacial score (nSPS) is 14.9. The van der Waals surface area contributed by atoms with Crippen LogP contribution in [0.25, 0.3) is 0 Å². The Balaban J connectivity index is 1.63. The highest BCUT2D eigenvalue weighted by Crippen LogP contribution is 2.31. The maximum Gasteiger partial charge on any atom is 0.192 e. The molecule has 30 heavy (non-hydrogen) atoms. The summed E-state index contributed by atoms with van der Waals surface area (Å²) in [7, 11) is 1.51. The molecule has 0 aliphatic heterocycles. The lowest BCUT2D eigenvalue weighted by atomic mass is 10.1. The fourth-order valence-electron chi connectivity index (χ4n) is 3.01. The molecule has 1 aliphatic carbocycles. The number of guanidine groups is 1. The van der Waals surface area contributed by atoms with Crippen molar-refractivity contribution in [1.82, 2.24) is 10.6 Å². The minimum Gasteiger partial charge on any atom is -0.504 e. The molecule has 6 nitrogen and oxygen atoms in total. The number of aromatic hydroxyl groups is 1. The number of hydrogen-bond acceptors (Lipinski definition) is 4. The number of benzene rings is 2. The van der Waals surface area contributed by atoms with Gasteiger partial charge in [0.1, 0.15) is 0 Å². The minimum absolute atomic E-state index is 0.0796. The van der Waals surface area contributed by atoms with Crippen LogP contribution in [0.3, 0.4) is 0 Å². The van der Waals surface area contributed by atoms with Gasteiger partial charge in [-0.1, -0.05) is 12.1 Å². The van der Waals surface area contributed by atoms with E-state index in [-0.39, 0.29) is 17.6 Å². The molecule has 0 bridgehead atoms. The molecule has 0 heterocycles. The van der Waals surface area contributed by atoms with Gasteiger partial charge in [0.2, 0.25) is 0 Å². The number of hydrogen-bond donors (Lipinski definition) is 3. The average Bonchev–Trinajstić information content (AvgIpc) is 3.56. The molecule has 1 fully saturated rings. The van der Waals surface area contributed by atoms with Crippen molar-refractivity contribution in [3.8, 4) is 17.2 Å². The summed E-state index contributed by atoms with van der Waals surface area (Å²) in [6.07, 6.45) is 2.34. The van der Waals surface area contributed by atoms with Crippen molar-refractivity contribution >= 4 is 5.96 Å². The largest absolute Gasteiger partial charge is 0.504 e. The van der Waals surface area contributed by atoms with Gasteiger partial charge in [-0.05, 0) is 68.0 Å². The van der Waals surface area contributed by atoms with E-state index in [4.69, 9.17) is 9.47 Å². The van der Waals surface area contributed by atoms with Gasteiger partial charge in [-0.3, -0.25) is 0 Å². The molecule has 1 saturated carbocycles. The number of nitrogens with one attached hydrogen (secondary N) is 2. The predicted octanol–water partition coefficient (Wildman–Crippen LogP) is 4.15. The van der Waals surface area contributed by atoms with Gasteiger partial charge in [-0.15, -0.1) is 0 Å². The van der Waals surface area contributed by atoms with E-state index in [2.05, 4.69) is 15.6 Å². The molecule has 0 spiro atoms. The van der Waals surface area contributed by atoms with Crippen molar-refractivity contribution in [3.05, 3.63) is 53.3 Å². The molecule has 0 saturated heterocycles. The zero-order valence-corrected chi connectivity index (χ0v) is 17.7. The summed E-state index contributed by atoms with van der Waals surface area (Å²) in [6, 6.07) is 10.1. The Labute approximate surface area is 177 Å². The number of ether oxygens (including phenoxy) is 2. The van der Waals surface area contributed by atoms with Crippen molar-refractivity contribution in [3.63, 3.8) is 0 Å². The van der Waals surface area contributed by atoms with Crippen molar-refractivity contribution < 1.29 is 19.0 Å². The molecule has 162 valence electrons. The van der Waals surface area contributed by atoms with Crippen LogP contribution >= 0.6 is 0 Å². The van der Waals surface area contributed by atoms with Crippen LogP contribution in [-0.4, -0.2) is 31.3 Å². The Kier molecular flexibility index (Phi) is 7.38. The van der Waals surface area contributed by atoms with Crippen molar-refractivity contribution in [2.45, 2.75) is 39.3 Å². The summed E-state index contributed by atoms with van der Waals surface area (Å²) in [5.74, 6) is 1.64. The first-order chi connectivity index (χ1) is 14.5. The van der Waals surface area contributed by atoms with Crippen LogP contribution < -0.4 is 20.1 Å². The fourth-order valence-corrected chi connectivity index (χ4v) is 3.01. The maximum absolute atomic E-state index is 14.4. The SMILES string of the molecule is CCNC(=NCc1ccc(OC)c(O)c1)NC(C)c1ccc(OCC2CC2)c(F)c1. The first kappa shape index (κ1) is 21.7. The molecule has 0 radical (unpaired) electrons. The highest BCUT2D eigenvalue weighted by Gasteiger charge is 2.22. The van der Waals surface area contributed by atoms with Gasteiger partial charge in [0.05, 0.1) is 26.3 Å². The van der Waals surface area contributed by atoms with Gasteiger partial charge in [0.15, 0.2) is 29.0 Å². The number of aliphatic imine (C=N–C) groups is 1. The van der Waals surface area contributed by atoms with Crippen molar-refractivity contribution in [2.75, 3.05) is 20.3 Å². The summed E-state index contributed by atoms with van der Waals surface area (Å²) in [5.41, 5.74) is 1.65. The van der Waals surface area contributed by atoms with E-state index >= 15 is 0 Å². The van der Waals surface area contributed by atoms with E-state index in [1.54, 1.807) is 18.2 Å². The van der Waals surface area contributed by atoms with Gasteiger partial charge >= 0.3 is 0 Å². The summed E-state index contributed by atoms with van der Waals surface area (Å²) in [5, 5.41) is 16.4. The monoisotopic (exact) mass is 415 g/mol. The second-order valence-electron chi connectivity index (χ2n) is 7.51. The average molecular weight is 416 g/mol. The Morgan fingerprint density at radius 3 is 2.63 bits per heavy atom. The van der Waals surface area contributed by atoms with Crippen LogP contribution in [0.4, 0.5) is 4.39 Å². The lowest BCUT2D eigenvalue weighted by Gasteiger charge is -2.19. The quantitative estimate of drug-likeness (QED) is 0.424. The van der Waals surface area contributed by atoms with E-state index in [1.807, 2.05) is 26.0 Å². The van der Waals surface area contributed by atoms with Gasteiger partial charge in [-0.25, -0.2) is 9.38 Å². The van der Waals surface area contributed by atoms with E-state index in [9.17, 15) is 9.50 Å². The number of methoxy groups -OCH3 is 1. The standard InChI is InChI=1S/C23H30FN3O3/c1-4-25-23(26-13-17-7-9-22(29-3)20(28)11-17)27-15(2)18-8-10-21(19(24)12-18)30-14-16-5-6-16/h7-12,15-16,28H,4-6,13-14H2,1-3H3,(H2,25,26,27). The van der Waals surface area contributed by atoms with Crippen molar-refractivity contribution in [1.29, 1.82) is 0 Å². The van der Waals surface area contributed by atoms with Gasteiger partial charge in [0, 0.05) is 6.54 Å². The van der Waals surface area contributed by atoms with Crippen LogP contribution in [0.5, 0.6) is 17.2 Å². The highest BCUT2D eigenvalue weighted by atomic mass is 19.1. The van der Waals surface area contributed by atoms with Gasteiger partial charge in [-0.2, -0.15) is 0 Å². The van der Waals surface area contributed by atoms with Crippen LogP contribution in [0.1, 0.15) is 43.9 Å². The van der Waals surface area contributed by atoms with E-state index < -0.39 is 0 Å². The Morgan fingerprint density at radius 2 is 2.00 bits per heavy atom. The zero-order valence-electron chi connectivity index (χ0n) is 17.7. The molecule has 0 amide bonds. The van der Waals surface area contributed by atoms with E-state index in [0.717, 1.165) is 11.1 Å². The predicted molar refractivity (Wildman–Crippen MR) is 116 cm³/mol. The molecule has 1 aliphatic rings. The van der Waals surface area contributed by atoms with Gasteiger partial charge in [0.25, 0.3) is 0 Å². The molecule has 1 unspecified atom stereocenters. The highest BCUT2D eigenvalue weighted by molar-refractivity contribution is 5.80. The topological polar surface area (TPSA) is 75.1 Å². The number of phenolic OH excluding ortho intramolecular Hbond substituents is 1. The Hall–Kier alpha value is -2.96. The van der Waals surface area contributed by atoms with Crippen LogP contribution in [-0.2, 0) is 6.54 Å². The fraction of sp³-hybridized carbons (Fsp3) is 0.435. The van der Waals surface area contributed by atoms with E-state index in [0.29, 0.717) is 43.1 Å². The summed E-state index contributed by atoms with van der Waals surface area (Å²) in [4.78, 5) is 4.57. The second kappa shape index (κ2) is 10.2. The smallest absolute Gasteiger partial charge is 0.192 e. The van der Waals surface area contributed by atoms with Crippen LogP contribution in [0.15, 0.2) is 41.4 Å². The number of phenols is 1. The molecule has 1 atom stereocenters. The first-order valence-electron chi connectivity index (χ1n) is 10.3. The maximum atomic E-state index is 14.4. The number of nitrogens with zero attached hydrogens (tertiary/aromatic N) is 1. The van der Waals surface area contributed by atoms with Crippen molar-refractivity contribution in [2.24, 2.45) is 10.9 Å². The van der Waals surface area contributed by atoms with Crippen LogP contribution in [0, 0.1) is 11.7 Å². The molecule has 3 N–H and O–H groups in total.